The molecule has 0 aliphatic rings. The van der Waals surface area contributed by atoms with Crippen LogP contribution in [-0.2, 0) is 23.1 Å². The molecule has 0 saturated heterocycles. The molecule has 0 atom stereocenters. The van der Waals surface area contributed by atoms with Gasteiger partial charge in [-0.05, 0) is 19.9 Å². The van der Waals surface area contributed by atoms with Crippen molar-refractivity contribution in [1.29, 1.82) is 0 Å². The number of aryl methyl sites for hydroxylation is 1. The van der Waals surface area contributed by atoms with Crippen LogP contribution >= 0.6 is 0 Å². The number of hydrogen-bond donors (Lipinski definition) is 1. The molecule has 1 N–H and O–H groups in total. The first kappa shape index (κ1) is 14.2. The molecular formula is C12H23N3O2. The molecule has 0 fully saturated rings. The van der Waals surface area contributed by atoms with Gasteiger partial charge in [-0.25, -0.2) is 0 Å². The number of nitrogens with zero attached hydrogens (tertiary/aromatic N) is 2. The van der Waals surface area contributed by atoms with Gasteiger partial charge in [0.15, 0.2) is 6.29 Å². The summed E-state index contributed by atoms with van der Waals surface area (Å²) in [4.78, 5) is 0. The van der Waals surface area contributed by atoms with Crippen molar-refractivity contribution >= 4 is 0 Å². The van der Waals surface area contributed by atoms with Crippen LogP contribution in [0.5, 0.6) is 0 Å². The molecule has 0 saturated carbocycles. The smallest absolute Gasteiger partial charge is 0.158 e. The van der Waals surface area contributed by atoms with Crippen LogP contribution in [0.25, 0.3) is 0 Å². The van der Waals surface area contributed by atoms with Crippen molar-refractivity contribution in [2.24, 2.45) is 7.05 Å². The first-order chi connectivity index (χ1) is 8.27. The van der Waals surface area contributed by atoms with Gasteiger partial charge in [0, 0.05) is 46.0 Å². The molecule has 5 nitrogen and oxygen atoms in total. The normalized spacial score (nSPS) is 11.3. The summed E-state index contributed by atoms with van der Waals surface area (Å²) in [6.45, 7) is 7.03. The monoisotopic (exact) mass is 241 g/mol. The molecule has 0 spiro atoms. The van der Waals surface area contributed by atoms with Crippen LogP contribution in [0.3, 0.4) is 0 Å². The number of hydrogen-bond acceptors (Lipinski definition) is 4. The molecule has 0 aromatic carbocycles. The van der Waals surface area contributed by atoms with Crippen molar-refractivity contribution in [3.63, 3.8) is 0 Å². The van der Waals surface area contributed by atoms with Gasteiger partial charge < -0.3 is 14.8 Å². The summed E-state index contributed by atoms with van der Waals surface area (Å²) in [7, 11) is 1.94. The Kier molecular flexibility index (Phi) is 6.84. The lowest BCUT2D eigenvalue weighted by Gasteiger charge is -2.16. The van der Waals surface area contributed by atoms with Crippen LogP contribution in [0.4, 0.5) is 0 Å². The molecule has 98 valence electrons. The van der Waals surface area contributed by atoms with E-state index < -0.39 is 0 Å². The van der Waals surface area contributed by atoms with Crippen molar-refractivity contribution in [1.82, 2.24) is 15.1 Å². The van der Waals surface area contributed by atoms with Crippen LogP contribution in [0.15, 0.2) is 12.3 Å². The maximum atomic E-state index is 5.46. The molecule has 0 aliphatic heterocycles. The summed E-state index contributed by atoms with van der Waals surface area (Å²) >= 11 is 0. The van der Waals surface area contributed by atoms with E-state index in [1.54, 1.807) is 6.20 Å². The first-order valence-corrected chi connectivity index (χ1v) is 6.18. The lowest BCUT2D eigenvalue weighted by molar-refractivity contribution is -0.138. The zero-order valence-corrected chi connectivity index (χ0v) is 11.0. The van der Waals surface area contributed by atoms with E-state index in [0.717, 1.165) is 19.5 Å². The van der Waals surface area contributed by atoms with Gasteiger partial charge >= 0.3 is 0 Å². The Morgan fingerprint density at radius 1 is 1.35 bits per heavy atom. The summed E-state index contributed by atoms with van der Waals surface area (Å²) in [6.07, 6.45) is 2.57. The van der Waals surface area contributed by atoms with Gasteiger partial charge in [0.1, 0.15) is 0 Å². The number of aromatic nitrogens is 2. The Hall–Kier alpha value is -0.910. The SMILES string of the molecule is CCOC(CCNCc1ccnn1C)OCC. The molecule has 17 heavy (non-hydrogen) atoms. The minimum atomic E-state index is -0.0935. The van der Waals surface area contributed by atoms with Crippen molar-refractivity contribution in [2.45, 2.75) is 33.1 Å². The molecule has 1 aromatic rings. The quantitative estimate of drug-likeness (QED) is 0.523. The maximum Gasteiger partial charge on any atom is 0.158 e. The van der Waals surface area contributed by atoms with E-state index in [9.17, 15) is 0 Å². The first-order valence-electron chi connectivity index (χ1n) is 6.18. The lowest BCUT2D eigenvalue weighted by Crippen LogP contribution is -2.25. The Morgan fingerprint density at radius 2 is 2.06 bits per heavy atom. The summed E-state index contributed by atoms with van der Waals surface area (Å²) in [5.74, 6) is 0. The molecule has 1 aromatic heterocycles. The highest BCUT2D eigenvalue weighted by Gasteiger charge is 2.07. The van der Waals surface area contributed by atoms with Crippen LogP contribution in [0.2, 0.25) is 0 Å². The van der Waals surface area contributed by atoms with E-state index in [1.807, 2.05) is 31.6 Å². The third kappa shape index (κ3) is 5.30. The van der Waals surface area contributed by atoms with Gasteiger partial charge in [-0.1, -0.05) is 0 Å². The minimum absolute atomic E-state index is 0.0935. The van der Waals surface area contributed by atoms with Gasteiger partial charge in [0.25, 0.3) is 0 Å². The van der Waals surface area contributed by atoms with E-state index in [0.29, 0.717) is 13.2 Å². The number of rotatable bonds is 9. The third-order valence-electron chi connectivity index (χ3n) is 2.49. The second-order valence-electron chi connectivity index (χ2n) is 3.75. The molecule has 5 heteroatoms. The van der Waals surface area contributed by atoms with E-state index >= 15 is 0 Å². The number of ether oxygens (including phenoxy) is 2. The highest BCUT2D eigenvalue weighted by molar-refractivity contribution is 4.98. The molecule has 0 bridgehead atoms. The minimum Gasteiger partial charge on any atom is -0.353 e. The molecule has 0 radical (unpaired) electrons. The van der Waals surface area contributed by atoms with Gasteiger partial charge in [-0.2, -0.15) is 5.10 Å². The second kappa shape index (κ2) is 8.22. The fourth-order valence-corrected chi connectivity index (χ4v) is 1.60. The highest BCUT2D eigenvalue weighted by Crippen LogP contribution is 2.01. The topological polar surface area (TPSA) is 48.3 Å². The van der Waals surface area contributed by atoms with Crippen molar-refractivity contribution in [2.75, 3.05) is 19.8 Å². The molecule has 1 rings (SSSR count). The van der Waals surface area contributed by atoms with Crippen molar-refractivity contribution in [3.8, 4) is 0 Å². The Labute approximate surface area is 103 Å². The fourth-order valence-electron chi connectivity index (χ4n) is 1.60. The van der Waals surface area contributed by atoms with Crippen LogP contribution in [0, 0.1) is 0 Å². The Morgan fingerprint density at radius 3 is 2.59 bits per heavy atom. The fraction of sp³-hybridized carbons (Fsp3) is 0.750. The maximum absolute atomic E-state index is 5.46. The lowest BCUT2D eigenvalue weighted by atomic mass is 10.3. The summed E-state index contributed by atoms with van der Waals surface area (Å²) < 4.78 is 12.8. The zero-order chi connectivity index (χ0) is 12.5. The predicted molar refractivity (Wildman–Crippen MR) is 66.6 cm³/mol. The predicted octanol–water partition coefficient (Wildman–Crippen LogP) is 1.30. The molecule has 0 aliphatic carbocycles. The zero-order valence-electron chi connectivity index (χ0n) is 11.0. The summed E-state index contributed by atoms with van der Waals surface area (Å²) in [6, 6.07) is 2.01. The molecular weight excluding hydrogens is 218 g/mol. The van der Waals surface area contributed by atoms with Crippen LogP contribution < -0.4 is 5.32 Å². The van der Waals surface area contributed by atoms with Gasteiger partial charge in [-0.3, -0.25) is 4.68 Å². The molecule has 1 heterocycles. The summed E-state index contributed by atoms with van der Waals surface area (Å²) in [5, 5.41) is 7.47. The largest absolute Gasteiger partial charge is 0.353 e. The standard InChI is InChI=1S/C12H23N3O2/c1-4-16-12(17-5-2)7-8-13-10-11-6-9-14-15(11)3/h6,9,12-13H,4-5,7-8,10H2,1-3H3. The number of nitrogens with one attached hydrogen (secondary N) is 1. The van der Waals surface area contributed by atoms with Gasteiger partial charge in [0.05, 0.1) is 5.69 Å². The Bertz CT molecular complexity index is 296. The van der Waals surface area contributed by atoms with Crippen molar-refractivity contribution in [3.05, 3.63) is 18.0 Å². The van der Waals surface area contributed by atoms with E-state index in [4.69, 9.17) is 9.47 Å². The van der Waals surface area contributed by atoms with E-state index in [1.165, 1.54) is 5.69 Å². The van der Waals surface area contributed by atoms with Crippen LogP contribution in [-0.4, -0.2) is 35.8 Å². The van der Waals surface area contributed by atoms with Crippen LogP contribution in [0.1, 0.15) is 26.0 Å². The van der Waals surface area contributed by atoms with Gasteiger partial charge in [0.2, 0.25) is 0 Å². The van der Waals surface area contributed by atoms with Gasteiger partial charge in [-0.15, -0.1) is 0 Å². The second-order valence-corrected chi connectivity index (χ2v) is 3.75. The Balaban J connectivity index is 2.15. The van der Waals surface area contributed by atoms with E-state index in [-0.39, 0.29) is 6.29 Å². The summed E-state index contributed by atoms with van der Waals surface area (Å²) in [5.41, 5.74) is 1.18. The van der Waals surface area contributed by atoms with E-state index in [2.05, 4.69) is 10.4 Å². The molecule has 0 amide bonds. The third-order valence-corrected chi connectivity index (χ3v) is 2.49. The average molecular weight is 241 g/mol. The van der Waals surface area contributed by atoms with Crippen molar-refractivity contribution < 1.29 is 9.47 Å². The average Bonchev–Trinajstić information content (AvgIpc) is 2.71. The highest BCUT2D eigenvalue weighted by atomic mass is 16.7. The molecule has 0 unspecified atom stereocenters.